The van der Waals surface area contributed by atoms with E-state index in [1.165, 1.54) is 24.3 Å². The molecule has 7 heteroatoms. The van der Waals surface area contributed by atoms with E-state index in [1.54, 1.807) is 18.2 Å². The van der Waals surface area contributed by atoms with Gasteiger partial charge in [-0.25, -0.2) is 17.5 Å². The van der Waals surface area contributed by atoms with Gasteiger partial charge in [-0.15, -0.1) is 0 Å². The van der Waals surface area contributed by atoms with Gasteiger partial charge in [-0.2, -0.15) is 0 Å². The van der Waals surface area contributed by atoms with E-state index in [-0.39, 0.29) is 11.4 Å². The summed E-state index contributed by atoms with van der Waals surface area (Å²) in [6, 6.07) is 10.4. The summed E-state index contributed by atoms with van der Waals surface area (Å²) in [6.07, 6.45) is 0. The first-order valence-electron chi connectivity index (χ1n) is 5.58. The first kappa shape index (κ1) is 15.6. The van der Waals surface area contributed by atoms with Gasteiger partial charge >= 0.3 is 0 Å². The quantitative estimate of drug-likeness (QED) is 0.813. The van der Waals surface area contributed by atoms with Gasteiger partial charge in [0.1, 0.15) is 5.82 Å². The second kappa shape index (κ2) is 6.34. The van der Waals surface area contributed by atoms with Crippen molar-refractivity contribution in [2.45, 2.75) is 11.4 Å². The van der Waals surface area contributed by atoms with Crippen LogP contribution in [0.15, 0.2) is 56.3 Å². The van der Waals surface area contributed by atoms with E-state index in [4.69, 9.17) is 0 Å². The highest BCUT2D eigenvalue weighted by molar-refractivity contribution is 9.10. The summed E-state index contributed by atoms with van der Waals surface area (Å²) < 4.78 is 41.2. The molecular formula is C13H10Br2FNO2S. The lowest BCUT2D eigenvalue weighted by Crippen LogP contribution is -2.23. The van der Waals surface area contributed by atoms with Crippen LogP contribution in [0, 0.1) is 5.82 Å². The topological polar surface area (TPSA) is 46.2 Å². The summed E-state index contributed by atoms with van der Waals surface area (Å²) in [5.41, 5.74) is 0.533. The monoisotopic (exact) mass is 421 g/mol. The third kappa shape index (κ3) is 3.88. The molecule has 0 saturated carbocycles. The van der Waals surface area contributed by atoms with Crippen molar-refractivity contribution < 1.29 is 12.8 Å². The van der Waals surface area contributed by atoms with Crippen molar-refractivity contribution in [3.63, 3.8) is 0 Å². The second-order valence-corrected chi connectivity index (χ2v) is 7.55. The van der Waals surface area contributed by atoms with Crippen molar-refractivity contribution in [2.24, 2.45) is 0 Å². The molecule has 0 fully saturated rings. The SMILES string of the molecule is O=S(=O)(NCc1cc(F)ccc1Br)c1ccc(Br)cc1. The first-order valence-corrected chi connectivity index (χ1v) is 8.64. The Labute approximate surface area is 133 Å². The first-order chi connectivity index (χ1) is 9.38. The zero-order valence-corrected chi connectivity index (χ0v) is 14.1. The van der Waals surface area contributed by atoms with E-state index in [0.29, 0.717) is 10.0 Å². The molecular weight excluding hydrogens is 413 g/mol. The van der Waals surface area contributed by atoms with Gasteiger partial charge in [-0.1, -0.05) is 31.9 Å². The summed E-state index contributed by atoms with van der Waals surface area (Å²) >= 11 is 6.50. The smallest absolute Gasteiger partial charge is 0.207 e. The molecule has 0 heterocycles. The average Bonchev–Trinajstić information content (AvgIpc) is 2.40. The van der Waals surface area contributed by atoms with Gasteiger partial charge in [0, 0.05) is 15.5 Å². The third-order valence-electron chi connectivity index (χ3n) is 2.58. The van der Waals surface area contributed by atoms with E-state index in [0.717, 1.165) is 4.47 Å². The number of sulfonamides is 1. The number of halogens is 3. The maximum Gasteiger partial charge on any atom is 0.240 e. The van der Waals surface area contributed by atoms with E-state index >= 15 is 0 Å². The molecule has 0 saturated heterocycles. The molecule has 106 valence electrons. The predicted octanol–water partition coefficient (Wildman–Crippen LogP) is 3.83. The van der Waals surface area contributed by atoms with Crippen molar-refractivity contribution in [3.05, 3.63) is 62.8 Å². The molecule has 0 aliphatic carbocycles. The normalized spacial score (nSPS) is 11.6. The van der Waals surface area contributed by atoms with Crippen LogP contribution in [0.4, 0.5) is 4.39 Å². The Kier molecular flexibility index (Phi) is 4.95. The molecule has 0 bridgehead atoms. The number of nitrogens with one attached hydrogen (secondary N) is 1. The fourth-order valence-electron chi connectivity index (χ4n) is 1.55. The van der Waals surface area contributed by atoms with Crippen molar-refractivity contribution in [1.29, 1.82) is 0 Å². The minimum Gasteiger partial charge on any atom is -0.207 e. The molecule has 0 amide bonds. The van der Waals surface area contributed by atoms with E-state index in [1.807, 2.05) is 0 Å². The number of hydrogen-bond donors (Lipinski definition) is 1. The standard InChI is InChI=1S/C13H10Br2FNO2S/c14-10-1-4-12(5-2-10)20(18,19)17-8-9-7-11(16)3-6-13(9)15/h1-7,17H,8H2. The highest BCUT2D eigenvalue weighted by Crippen LogP contribution is 2.19. The van der Waals surface area contributed by atoms with E-state index < -0.39 is 15.8 Å². The van der Waals surface area contributed by atoms with Crippen molar-refractivity contribution >= 4 is 41.9 Å². The molecule has 0 aliphatic heterocycles. The molecule has 0 aliphatic rings. The van der Waals surface area contributed by atoms with Crippen molar-refractivity contribution in [3.8, 4) is 0 Å². The largest absolute Gasteiger partial charge is 0.240 e. The van der Waals surface area contributed by atoms with Gasteiger partial charge in [0.05, 0.1) is 4.90 Å². The zero-order valence-electron chi connectivity index (χ0n) is 10.1. The lowest BCUT2D eigenvalue weighted by Gasteiger charge is -2.08. The molecule has 20 heavy (non-hydrogen) atoms. The van der Waals surface area contributed by atoms with Gasteiger partial charge in [0.25, 0.3) is 0 Å². The summed E-state index contributed by atoms with van der Waals surface area (Å²) in [7, 11) is -3.62. The van der Waals surface area contributed by atoms with Gasteiger partial charge in [-0.05, 0) is 48.0 Å². The highest BCUT2D eigenvalue weighted by atomic mass is 79.9. The van der Waals surface area contributed by atoms with Gasteiger partial charge in [0.2, 0.25) is 10.0 Å². The number of hydrogen-bond acceptors (Lipinski definition) is 2. The van der Waals surface area contributed by atoms with Crippen LogP contribution >= 0.6 is 31.9 Å². The van der Waals surface area contributed by atoms with Crippen LogP contribution < -0.4 is 4.72 Å². The van der Waals surface area contributed by atoms with E-state index in [2.05, 4.69) is 36.6 Å². The van der Waals surface area contributed by atoms with Crippen molar-refractivity contribution in [1.82, 2.24) is 4.72 Å². The summed E-state index contributed by atoms with van der Waals surface area (Å²) in [4.78, 5) is 0.160. The Morgan fingerprint density at radius 3 is 2.35 bits per heavy atom. The minimum absolute atomic E-state index is 0.0107. The fourth-order valence-corrected chi connectivity index (χ4v) is 3.21. The Balaban J connectivity index is 2.17. The highest BCUT2D eigenvalue weighted by Gasteiger charge is 2.14. The van der Waals surface area contributed by atoms with Gasteiger partial charge in [0.15, 0.2) is 0 Å². The minimum atomic E-state index is -3.62. The predicted molar refractivity (Wildman–Crippen MR) is 82.3 cm³/mol. The molecule has 0 spiro atoms. The Bertz CT molecular complexity index is 718. The van der Waals surface area contributed by atoms with Gasteiger partial charge < -0.3 is 0 Å². The Hall–Kier alpha value is -0.760. The molecule has 1 N–H and O–H groups in total. The average molecular weight is 423 g/mol. The fraction of sp³-hybridized carbons (Fsp3) is 0.0769. The van der Waals surface area contributed by atoms with Crippen LogP contribution in [-0.2, 0) is 16.6 Å². The van der Waals surface area contributed by atoms with Crippen LogP contribution in [-0.4, -0.2) is 8.42 Å². The molecule has 3 nitrogen and oxygen atoms in total. The second-order valence-electron chi connectivity index (χ2n) is 4.01. The summed E-state index contributed by atoms with van der Waals surface area (Å²) in [5.74, 6) is -0.411. The molecule has 0 unspecified atom stereocenters. The maximum atomic E-state index is 13.1. The molecule has 2 aromatic carbocycles. The molecule has 2 aromatic rings. The van der Waals surface area contributed by atoms with Crippen LogP contribution in [0.1, 0.15) is 5.56 Å². The molecule has 2 rings (SSSR count). The lowest BCUT2D eigenvalue weighted by atomic mass is 10.2. The Morgan fingerprint density at radius 2 is 1.70 bits per heavy atom. The maximum absolute atomic E-state index is 13.1. The number of benzene rings is 2. The van der Waals surface area contributed by atoms with Crippen LogP contribution in [0.25, 0.3) is 0 Å². The number of rotatable bonds is 4. The molecule has 0 radical (unpaired) electrons. The van der Waals surface area contributed by atoms with Crippen LogP contribution in [0.3, 0.4) is 0 Å². The Morgan fingerprint density at radius 1 is 1.05 bits per heavy atom. The zero-order chi connectivity index (χ0) is 14.8. The summed E-state index contributed by atoms with van der Waals surface area (Å²) in [5, 5.41) is 0. The molecule has 0 atom stereocenters. The summed E-state index contributed by atoms with van der Waals surface area (Å²) in [6.45, 7) is 0.0107. The van der Waals surface area contributed by atoms with Gasteiger partial charge in [-0.3, -0.25) is 0 Å². The van der Waals surface area contributed by atoms with Crippen molar-refractivity contribution in [2.75, 3.05) is 0 Å². The third-order valence-corrected chi connectivity index (χ3v) is 5.30. The molecule has 0 aromatic heterocycles. The van der Waals surface area contributed by atoms with Crippen LogP contribution in [0.2, 0.25) is 0 Å². The van der Waals surface area contributed by atoms with E-state index in [9.17, 15) is 12.8 Å². The lowest BCUT2D eigenvalue weighted by molar-refractivity contribution is 0.580. The van der Waals surface area contributed by atoms with Crippen LogP contribution in [0.5, 0.6) is 0 Å².